The fraction of sp³-hybridized carbons (Fsp3) is 0.533. The van der Waals surface area contributed by atoms with Gasteiger partial charge < -0.3 is 15.4 Å². The second-order valence-electron chi connectivity index (χ2n) is 5.34. The van der Waals surface area contributed by atoms with Gasteiger partial charge in [0.15, 0.2) is 0 Å². The first-order valence-corrected chi connectivity index (χ1v) is 7.42. The monoisotopic (exact) mass is 332 g/mol. The predicted molar refractivity (Wildman–Crippen MR) is 88.7 cm³/mol. The van der Waals surface area contributed by atoms with Gasteiger partial charge in [-0.25, -0.2) is 0 Å². The molecule has 1 fully saturated rings. The molecule has 118 valence electrons. The lowest BCUT2D eigenvalue weighted by Crippen LogP contribution is -2.37. The summed E-state index contributed by atoms with van der Waals surface area (Å²) in [6, 6.07) is 5.34. The zero-order valence-corrected chi connectivity index (χ0v) is 13.9. The van der Waals surface area contributed by atoms with E-state index in [-0.39, 0.29) is 30.3 Å². The molecular formula is C15H22Cl2N2O2. The molecule has 0 unspecified atom stereocenters. The molecule has 0 bridgehead atoms. The first-order chi connectivity index (χ1) is 9.56. The molecule has 0 radical (unpaired) electrons. The van der Waals surface area contributed by atoms with Crippen LogP contribution in [0.2, 0.25) is 5.02 Å². The molecule has 2 rings (SSSR count). The van der Waals surface area contributed by atoms with Crippen molar-refractivity contribution < 1.29 is 9.53 Å². The Kier molecular flexibility index (Phi) is 7.29. The average molecular weight is 333 g/mol. The molecule has 1 aromatic rings. The number of piperidine rings is 1. The highest BCUT2D eigenvalue weighted by atomic mass is 35.5. The van der Waals surface area contributed by atoms with Crippen molar-refractivity contribution in [1.29, 1.82) is 0 Å². The standard InChI is InChI=1S/C15H21ClN2O2.ClH/c1-10(2)20-14-6-5-12(8-13(14)16)18-15(19)11-4-3-7-17-9-11;/h5-6,8,10-11,17H,3-4,7,9H2,1-2H3,(H,18,19);1H/t11-;/m1./s1. The van der Waals surface area contributed by atoms with Crippen LogP contribution in [-0.4, -0.2) is 25.1 Å². The van der Waals surface area contributed by atoms with Gasteiger partial charge in [0.2, 0.25) is 5.91 Å². The molecule has 1 amide bonds. The Labute approximate surface area is 137 Å². The summed E-state index contributed by atoms with van der Waals surface area (Å²) in [5, 5.41) is 6.66. The molecule has 1 aliphatic heterocycles. The molecule has 6 heteroatoms. The molecule has 0 spiro atoms. The van der Waals surface area contributed by atoms with Crippen molar-refractivity contribution >= 4 is 35.6 Å². The summed E-state index contributed by atoms with van der Waals surface area (Å²) in [7, 11) is 0. The Bertz CT molecular complexity index is 475. The lowest BCUT2D eigenvalue weighted by Gasteiger charge is -2.22. The van der Waals surface area contributed by atoms with E-state index in [9.17, 15) is 4.79 Å². The maximum absolute atomic E-state index is 12.1. The van der Waals surface area contributed by atoms with Crippen LogP contribution in [0, 0.1) is 5.92 Å². The molecule has 1 atom stereocenters. The summed E-state index contributed by atoms with van der Waals surface area (Å²) in [5.74, 6) is 0.721. The summed E-state index contributed by atoms with van der Waals surface area (Å²) >= 11 is 6.15. The zero-order valence-electron chi connectivity index (χ0n) is 12.3. The minimum atomic E-state index is 0. The zero-order chi connectivity index (χ0) is 14.5. The molecule has 0 aromatic heterocycles. The predicted octanol–water partition coefficient (Wildman–Crippen LogP) is 3.49. The number of anilines is 1. The van der Waals surface area contributed by atoms with Gasteiger partial charge in [0, 0.05) is 12.2 Å². The third-order valence-corrected chi connectivity index (χ3v) is 3.53. The summed E-state index contributed by atoms with van der Waals surface area (Å²) in [4.78, 5) is 12.1. The van der Waals surface area contributed by atoms with Crippen molar-refractivity contribution in [2.24, 2.45) is 5.92 Å². The molecule has 21 heavy (non-hydrogen) atoms. The van der Waals surface area contributed by atoms with Crippen LogP contribution in [0.4, 0.5) is 5.69 Å². The van der Waals surface area contributed by atoms with Gasteiger partial charge in [-0.2, -0.15) is 0 Å². The maximum atomic E-state index is 12.1. The quantitative estimate of drug-likeness (QED) is 0.887. The van der Waals surface area contributed by atoms with Gasteiger partial charge in [-0.15, -0.1) is 12.4 Å². The molecule has 1 saturated heterocycles. The Morgan fingerprint density at radius 3 is 2.81 bits per heavy atom. The number of halogens is 2. The number of carbonyl (C=O) groups excluding carboxylic acids is 1. The van der Waals surface area contributed by atoms with Crippen molar-refractivity contribution in [1.82, 2.24) is 5.32 Å². The number of ether oxygens (including phenoxy) is 1. The van der Waals surface area contributed by atoms with E-state index in [1.807, 2.05) is 19.9 Å². The van der Waals surface area contributed by atoms with Crippen LogP contribution in [-0.2, 0) is 4.79 Å². The number of hydrogen-bond acceptors (Lipinski definition) is 3. The molecule has 1 heterocycles. The summed E-state index contributed by atoms with van der Waals surface area (Å²) in [5.41, 5.74) is 0.710. The molecule has 0 saturated carbocycles. The highest BCUT2D eigenvalue weighted by Gasteiger charge is 2.21. The summed E-state index contributed by atoms with van der Waals surface area (Å²) in [6.07, 6.45) is 2.04. The highest BCUT2D eigenvalue weighted by Crippen LogP contribution is 2.28. The third kappa shape index (κ3) is 5.38. The number of carbonyl (C=O) groups is 1. The lowest BCUT2D eigenvalue weighted by atomic mass is 9.99. The van der Waals surface area contributed by atoms with Crippen molar-refractivity contribution in [3.63, 3.8) is 0 Å². The van der Waals surface area contributed by atoms with Gasteiger partial charge >= 0.3 is 0 Å². The first kappa shape index (κ1) is 18.1. The van der Waals surface area contributed by atoms with E-state index in [0.29, 0.717) is 16.5 Å². The van der Waals surface area contributed by atoms with Crippen molar-refractivity contribution in [3.05, 3.63) is 23.2 Å². The fourth-order valence-electron chi connectivity index (χ4n) is 2.25. The Balaban J connectivity index is 0.00000220. The van der Waals surface area contributed by atoms with Crippen molar-refractivity contribution in [2.75, 3.05) is 18.4 Å². The average Bonchev–Trinajstić information content (AvgIpc) is 2.42. The minimum Gasteiger partial charge on any atom is -0.489 e. The van der Waals surface area contributed by atoms with Gasteiger partial charge in [0.25, 0.3) is 0 Å². The van der Waals surface area contributed by atoms with Gasteiger partial charge in [-0.3, -0.25) is 4.79 Å². The normalized spacial score (nSPS) is 18.0. The van der Waals surface area contributed by atoms with Crippen LogP contribution >= 0.6 is 24.0 Å². The Morgan fingerprint density at radius 2 is 2.24 bits per heavy atom. The maximum Gasteiger partial charge on any atom is 0.228 e. The van der Waals surface area contributed by atoms with Gasteiger partial charge in [0.1, 0.15) is 5.75 Å². The van der Waals surface area contributed by atoms with Gasteiger partial charge in [0.05, 0.1) is 17.0 Å². The Morgan fingerprint density at radius 1 is 1.48 bits per heavy atom. The van der Waals surface area contributed by atoms with Crippen LogP contribution < -0.4 is 15.4 Å². The number of amides is 1. The second-order valence-corrected chi connectivity index (χ2v) is 5.75. The van der Waals surface area contributed by atoms with Crippen LogP contribution in [0.5, 0.6) is 5.75 Å². The minimum absolute atomic E-state index is 0. The van der Waals surface area contributed by atoms with E-state index < -0.39 is 0 Å². The van der Waals surface area contributed by atoms with E-state index >= 15 is 0 Å². The number of benzene rings is 1. The fourth-order valence-corrected chi connectivity index (χ4v) is 2.47. The number of hydrogen-bond donors (Lipinski definition) is 2. The first-order valence-electron chi connectivity index (χ1n) is 7.04. The van der Waals surface area contributed by atoms with Gasteiger partial charge in [-0.05, 0) is 51.4 Å². The van der Waals surface area contributed by atoms with E-state index in [1.165, 1.54) is 0 Å². The van der Waals surface area contributed by atoms with Crippen molar-refractivity contribution in [2.45, 2.75) is 32.8 Å². The SMILES string of the molecule is CC(C)Oc1ccc(NC(=O)[C@@H]2CCCNC2)cc1Cl.Cl. The smallest absolute Gasteiger partial charge is 0.228 e. The largest absolute Gasteiger partial charge is 0.489 e. The summed E-state index contributed by atoms with van der Waals surface area (Å²) in [6.45, 7) is 5.63. The second kappa shape index (κ2) is 8.47. The van der Waals surface area contributed by atoms with Crippen LogP contribution in [0.25, 0.3) is 0 Å². The Hall–Kier alpha value is -0.970. The molecule has 1 aromatic carbocycles. The number of nitrogens with one attached hydrogen (secondary N) is 2. The van der Waals surface area contributed by atoms with Crippen molar-refractivity contribution in [3.8, 4) is 5.75 Å². The van der Waals surface area contributed by atoms with Crippen LogP contribution in [0.3, 0.4) is 0 Å². The van der Waals surface area contributed by atoms with E-state index in [1.54, 1.807) is 12.1 Å². The topological polar surface area (TPSA) is 50.4 Å². The van der Waals surface area contributed by atoms with Crippen LogP contribution in [0.15, 0.2) is 18.2 Å². The summed E-state index contributed by atoms with van der Waals surface area (Å²) < 4.78 is 5.57. The molecule has 1 aliphatic rings. The van der Waals surface area contributed by atoms with Gasteiger partial charge in [-0.1, -0.05) is 11.6 Å². The van der Waals surface area contributed by atoms with E-state index in [4.69, 9.17) is 16.3 Å². The van der Waals surface area contributed by atoms with E-state index in [0.717, 1.165) is 25.9 Å². The lowest BCUT2D eigenvalue weighted by molar-refractivity contribution is -0.120. The molecule has 2 N–H and O–H groups in total. The molecule has 4 nitrogen and oxygen atoms in total. The number of rotatable bonds is 4. The van der Waals surface area contributed by atoms with Crippen LogP contribution in [0.1, 0.15) is 26.7 Å². The molecular weight excluding hydrogens is 311 g/mol. The highest BCUT2D eigenvalue weighted by molar-refractivity contribution is 6.32. The van der Waals surface area contributed by atoms with E-state index in [2.05, 4.69) is 10.6 Å². The molecule has 0 aliphatic carbocycles. The third-order valence-electron chi connectivity index (χ3n) is 3.23.